The molecular formula is C4H12CrLi2. The van der Waals surface area contributed by atoms with Crippen LogP contribution in [0.1, 0.15) is 0 Å². The van der Waals surface area contributed by atoms with Crippen LogP contribution in [0.5, 0.6) is 0 Å². The third kappa shape index (κ3) is 85.0. The van der Waals surface area contributed by atoms with Gasteiger partial charge in [0.15, 0.2) is 0 Å². The Bertz CT molecular complexity index is 9.65. The molecule has 0 aromatic carbocycles. The normalized spacial score (nSPS) is 0. The molecule has 0 saturated heterocycles. The van der Waals surface area contributed by atoms with Crippen LogP contribution in [0, 0.1) is 29.7 Å². The molecule has 0 aromatic rings. The average Bonchev–Trinajstić information content (AvgIpc) is 0. The van der Waals surface area contributed by atoms with Crippen LogP contribution < -0.4 is 0 Å². The van der Waals surface area contributed by atoms with Crippen LogP contribution in [-0.2, 0) is 17.4 Å². The minimum absolute atomic E-state index is 0. The Balaban J connectivity index is 0. The van der Waals surface area contributed by atoms with Gasteiger partial charge < -0.3 is 29.7 Å². The summed E-state index contributed by atoms with van der Waals surface area (Å²) in [6, 6.07) is 0. The molecule has 0 aliphatic rings. The fourth-order valence-corrected chi connectivity index (χ4v) is 0. The van der Waals surface area contributed by atoms with Gasteiger partial charge >= 0.3 is 17.4 Å². The summed E-state index contributed by atoms with van der Waals surface area (Å²) >= 11 is 0. The molecule has 0 N–H and O–H groups in total. The summed E-state index contributed by atoms with van der Waals surface area (Å²) in [7, 11) is 0. The van der Waals surface area contributed by atoms with Gasteiger partial charge in [-0.15, -0.1) is 0 Å². The van der Waals surface area contributed by atoms with E-state index in [4.69, 9.17) is 0 Å². The van der Waals surface area contributed by atoms with Crippen molar-refractivity contribution in [3.8, 4) is 0 Å². The maximum absolute atomic E-state index is 0. The number of rotatable bonds is 0. The molecule has 0 atom stereocenters. The van der Waals surface area contributed by atoms with Crippen molar-refractivity contribution in [1.82, 2.24) is 0 Å². The molecule has 0 heterocycles. The van der Waals surface area contributed by atoms with Crippen molar-refractivity contribution in [2.45, 2.75) is 0 Å². The van der Waals surface area contributed by atoms with Crippen molar-refractivity contribution in [3.63, 3.8) is 0 Å². The van der Waals surface area contributed by atoms with Crippen molar-refractivity contribution >= 4 is 37.7 Å². The standard InChI is InChI=1S/4CH3.Cr.2Li/h4*1H3;;;/q4*-1;+4;;. The monoisotopic (exact) mass is 126 g/mol. The van der Waals surface area contributed by atoms with Crippen LogP contribution in [0.3, 0.4) is 0 Å². The fourth-order valence-electron chi connectivity index (χ4n) is 0. The van der Waals surface area contributed by atoms with E-state index in [9.17, 15) is 0 Å². The maximum atomic E-state index is 0. The third-order valence-electron chi connectivity index (χ3n) is 0. The summed E-state index contributed by atoms with van der Waals surface area (Å²) in [5, 5.41) is 0. The Labute approximate surface area is 84.3 Å². The second-order valence-corrected chi connectivity index (χ2v) is 0. The first kappa shape index (κ1) is 175. The molecule has 36 valence electrons. The van der Waals surface area contributed by atoms with Gasteiger partial charge in [0.05, 0.1) is 0 Å². The Hall–Kier alpha value is 1.73. The molecule has 0 aliphatic carbocycles. The Kier molecular flexibility index (Phi) is 2920. The quantitative estimate of drug-likeness (QED) is 0.336. The van der Waals surface area contributed by atoms with Gasteiger partial charge in [-0.1, -0.05) is 0 Å². The van der Waals surface area contributed by atoms with E-state index in [1.54, 1.807) is 0 Å². The van der Waals surface area contributed by atoms with Crippen LogP contribution in [0.2, 0.25) is 0 Å². The van der Waals surface area contributed by atoms with E-state index in [0.717, 1.165) is 0 Å². The summed E-state index contributed by atoms with van der Waals surface area (Å²) in [5.74, 6) is 0. The van der Waals surface area contributed by atoms with E-state index in [1.165, 1.54) is 0 Å². The fraction of sp³-hybridized carbons (Fsp3) is 0. The van der Waals surface area contributed by atoms with Crippen LogP contribution >= 0.6 is 0 Å². The molecule has 0 saturated carbocycles. The van der Waals surface area contributed by atoms with Crippen LogP contribution in [0.4, 0.5) is 0 Å². The van der Waals surface area contributed by atoms with Gasteiger partial charge in [0, 0.05) is 37.7 Å². The smallest absolute Gasteiger partial charge is 0.358 e. The molecule has 0 rings (SSSR count). The minimum Gasteiger partial charge on any atom is -0.358 e. The van der Waals surface area contributed by atoms with Crippen LogP contribution in [0.15, 0.2) is 0 Å². The van der Waals surface area contributed by atoms with Gasteiger partial charge in [-0.05, 0) is 0 Å². The molecule has 0 aliphatic heterocycles. The van der Waals surface area contributed by atoms with E-state index >= 15 is 0 Å². The summed E-state index contributed by atoms with van der Waals surface area (Å²) in [4.78, 5) is 0. The Morgan fingerprint density at radius 3 is 0.429 bits per heavy atom. The van der Waals surface area contributed by atoms with Crippen LogP contribution in [0.25, 0.3) is 0 Å². The Morgan fingerprint density at radius 1 is 0.429 bits per heavy atom. The zero-order chi connectivity index (χ0) is 0. The molecule has 0 bridgehead atoms. The van der Waals surface area contributed by atoms with Gasteiger partial charge in [0.1, 0.15) is 0 Å². The Morgan fingerprint density at radius 2 is 0.429 bits per heavy atom. The zero-order valence-corrected chi connectivity index (χ0v) is 7.68. The van der Waals surface area contributed by atoms with Crippen molar-refractivity contribution in [2.75, 3.05) is 0 Å². The van der Waals surface area contributed by atoms with E-state index in [-0.39, 0.29) is 84.8 Å². The SMILES string of the molecule is [CH3-].[CH3-].[CH3-].[CH3-].[Cr+4].[Li].[Li]. The molecular weight excluding hydrogens is 114 g/mol. The zero-order valence-electron chi connectivity index (χ0n) is 6.41. The molecule has 0 unspecified atom stereocenters. The summed E-state index contributed by atoms with van der Waals surface area (Å²) in [5.41, 5.74) is 0. The first-order valence-corrected chi connectivity index (χ1v) is 0. The van der Waals surface area contributed by atoms with Crippen molar-refractivity contribution in [2.24, 2.45) is 0 Å². The predicted octanol–water partition coefficient (Wildman–Crippen LogP) is 1.04. The minimum atomic E-state index is 0. The summed E-state index contributed by atoms with van der Waals surface area (Å²) < 4.78 is 0. The molecule has 2 radical (unpaired) electrons. The van der Waals surface area contributed by atoms with Gasteiger partial charge in [-0.25, -0.2) is 0 Å². The number of hydrogen-bond donors (Lipinski definition) is 0. The molecule has 3 heteroatoms. The largest absolute Gasteiger partial charge is 4.00 e. The number of hydrogen-bond acceptors (Lipinski definition) is 0. The topological polar surface area (TPSA) is 0 Å². The van der Waals surface area contributed by atoms with Gasteiger partial charge in [-0.2, -0.15) is 0 Å². The van der Waals surface area contributed by atoms with Crippen LogP contribution in [-0.4, -0.2) is 37.7 Å². The molecule has 0 amide bonds. The molecule has 7 heavy (non-hydrogen) atoms. The van der Waals surface area contributed by atoms with Crippen molar-refractivity contribution < 1.29 is 17.4 Å². The second kappa shape index (κ2) is 117. The van der Waals surface area contributed by atoms with Crippen molar-refractivity contribution in [3.05, 3.63) is 29.7 Å². The summed E-state index contributed by atoms with van der Waals surface area (Å²) in [6.07, 6.45) is 0. The van der Waals surface area contributed by atoms with E-state index in [0.29, 0.717) is 0 Å². The summed E-state index contributed by atoms with van der Waals surface area (Å²) in [6.45, 7) is 0. The second-order valence-electron chi connectivity index (χ2n) is 0. The van der Waals surface area contributed by atoms with E-state index in [1.807, 2.05) is 0 Å². The third-order valence-corrected chi connectivity index (χ3v) is 0. The first-order chi connectivity index (χ1) is 0. The molecule has 0 spiro atoms. The van der Waals surface area contributed by atoms with E-state index < -0.39 is 0 Å². The molecule has 0 aromatic heterocycles. The molecule has 0 fully saturated rings. The average molecular weight is 126 g/mol. The predicted molar refractivity (Wildman–Crippen MR) is 37.2 cm³/mol. The van der Waals surface area contributed by atoms with Gasteiger partial charge in [-0.3, -0.25) is 0 Å². The molecule has 0 nitrogen and oxygen atoms in total. The first-order valence-electron chi connectivity index (χ1n) is 0. The van der Waals surface area contributed by atoms with E-state index in [2.05, 4.69) is 0 Å². The maximum Gasteiger partial charge on any atom is 4.00 e. The van der Waals surface area contributed by atoms with Crippen molar-refractivity contribution in [1.29, 1.82) is 0 Å². The van der Waals surface area contributed by atoms with Gasteiger partial charge in [0.2, 0.25) is 0 Å². The van der Waals surface area contributed by atoms with Gasteiger partial charge in [0.25, 0.3) is 0 Å².